The molecule has 0 aromatic heterocycles. The Hall–Kier alpha value is -0.795. The van der Waals surface area contributed by atoms with Crippen LogP contribution in [0.15, 0.2) is 24.3 Å². The highest BCUT2D eigenvalue weighted by molar-refractivity contribution is 6.62. The van der Waals surface area contributed by atoms with Gasteiger partial charge in [0.25, 0.3) is 0 Å². The lowest BCUT2D eigenvalue weighted by atomic mass is 9.43. The molecule has 1 saturated heterocycles. The van der Waals surface area contributed by atoms with Crippen LogP contribution >= 0.6 is 0 Å². The van der Waals surface area contributed by atoms with Gasteiger partial charge in [-0.25, -0.2) is 0 Å². The maximum atomic E-state index is 6.62. The van der Waals surface area contributed by atoms with Gasteiger partial charge in [-0.1, -0.05) is 52.0 Å². The normalized spacial score (nSPS) is 37.7. The van der Waals surface area contributed by atoms with Gasteiger partial charge in [0, 0.05) is 0 Å². The molecule has 0 spiro atoms. The first-order valence-corrected chi connectivity index (χ1v) is 9.23. The lowest BCUT2D eigenvalue weighted by Gasteiger charge is -2.64. The van der Waals surface area contributed by atoms with E-state index in [0.717, 1.165) is 18.8 Å². The summed E-state index contributed by atoms with van der Waals surface area (Å²) in [6.07, 6.45) is 3.81. The van der Waals surface area contributed by atoms with E-state index in [9.17, 15) is 0 Å². The van der Waals surface area contributed by atoms with Crippen molar-refractivity contribution < 1.29 is 9.31 Å². The van der Waals surface area contributed by atoms with Gasteiger partial charge in [0.05, 0.1) is 11.7 Å². The summed E-state index contributed by atoms with van der Waals surface area (Å²) in [5, 5.41) is 0. The Morgan fingerprint density at radius 3 is 2.61 bits per heavy atom. The standard InChI is InChI=1S/C20H29BO2/c1-13(2)10-14-8-6-7-9-16(14)21-22-18-12-15-11-17(19(15,3)4)20(18,5)23-21/h6-9,13,15,17-18H,10-12H2,1-5H3. The Morgan fingerprint density at radius 1 is 1.17 bits per heavy atom. The van der Waals surface area contributed by atoms with Crippen LogP contribution in [0.25, 0.3) is 0 Å². The highest BCUT2D eigenvalue weighted by Crippen LogP contribution is 2.65. The van der Waals surface area contributed by atoms with Gasteiger partial charge in [0.2, 0.25) is 0 Å². The first-order valence-electron chi connectivity index (χ1n) is 9.23. The van der Waals surface area contributed by atoms with Crippen LogP contribution in [0.4, 0.5) is 0 Å². The van der Waals surface area contributed by atoms with E-state index in [0.29, 0.717) is 17.3 Å². The van der Waals surface area contributed by atoms with E-state index in [1.807, 2.05) is 0 Å². The SMILES string of the molecule is CC(C)Cc1ccccc1B1OC2CC3CC(C3(C)C)C2(C)O1. The summed E-state index contributed by atoms with van der Waals surface area (Å²) in [6.45, 7) is 11.7. The second-order valence-electron chi connectivity index (χ2n) is 9.10. The molecule has 4 aliphatic rings. The van der Waals surface area contributed by atoms with Crippen LogP contribution < -0.4 is 5.46 Å². The van der Waals surface area contributed by atoms with Crippen molar-refractivity contribution in [2.24, 2.45) is 23.2 Å². The molecule has 0 radical (unpaired) electrons. The van der Waals surface area contributed by atoms with Gasteiger partial charge >= 0.3 is 7.12 Å². The lowest BCUT2D eigenvalue weighted by Crippen LogP contribution is -2.65. The molecular formula is C20H29BO2. The molecule has 4 atom stereocenters. The Kier molecular flexibility index (Phi) is 3.48. The van der Waals surface area contributed by atoms with Gasteiger partial charge in [-0.15, -0.1) is 0 Å². The Labute approximate surface area is 141 Å². The molecule has 1 aliphatic heterocycles. The monoisotopic (exact) mass is 312 g/mol. The van der Waals surface area contributed by atoms with Crippen molar-refractivity contribution in [3.63, 3.8) is 0 Å². The summed E-state index contributed by atoms with van der Waals surface area (Å²) >= 11 is 0. The number of hydrogen-bond acceptors (Lipinski definition) is 2. The second kappa shape index (κ2) is 5.10. The minimum Gasteiger partial charge on any atom is -0.401 e. The van der Waals surface area contributed by atoms with E-state index in [4.69, 9.17) is 9.31 Å². The Balaban J connectivity index is 1.62. The largest absolute Gasteiger partial charge is 0.494 e. The zero-order valence-corrected chi connectivity index (χ0v) is 15.1. The maximum absolute atomic E-state index is 6.62. The molecule has 3 heteroatoms. The molecule has 3 saturated carbocycles. The zero-order chi connectivity index (χ0) is 16.4. The van der Waals surface area contributed by atoms with E-state index >= 15 is 0 Å². The van der Waals surface area contributed by atoms with Gasteiger partial charge < -0.3 is 9.31 Å². The van der Waals surface area contributed by atoms with Crippen molar-refractivity contribution in [1.82, 2.24) is 0 Å². The highest BCUT2D eigenvalue weighted by Gasteiger charge is 2.68. The Morgan fingerprint density at radius 2 is 1.91 bits per heavy atom. The predicted molar refractivity (Wildman–Crippen MR) is 94.7 cm³/mol. The van der Waals surface area contributed by atoms with E-state index in [2.05, 4.69) is 58.9 Å². The number of benzene rings is 1. The van der Waals surface area contributed by atoms with Crippen LogP contribution in [0.5, 0.6) is 0 Å². The first kappa shape index (κ1) is 15.7. The van der Waals surface area contributed by atoms with Gasteiger partial charge in [0.1, 0.15) is 0 Å². The first-order chi connectivity index (χ1) is 10.8. The molecule has 2 bridgehead atoms. The van der Waals surface area contributed by atoms with Crippen molar-refractivity contribution in [1.29, 1.82) is 0 Å². The number of hydrogen-bond donors (Lipinski definition) is 0. The highest BCUT2D eigenvalue weighted by atomic mass is 16.7. The molecule has 0 N–H and O–H groups in total. The molecule has 3 aliphatic carbocycles. The fourth-order valence-electron chi connectivity index (χ4n) is 5.39. The van der Waals surface area contributed by atoms with E-state index in [1.54, 1.807) is 0 Å². The van der Waals surface area contributed by atoms with Gasteiger partial charge in [-0.05, 0) is 60.4 Å². The van der Waals surface area contributed by atoms with E-state index in [1.165, 1.54) is 17.4 Å². The average Bonchev–Trinajstić information content (AvgIpc) is 2.83. The van der Waals surface area contributed by atoms with E-state index in [-0.39, 0.29) is 18.8 Å². The van der Waals surface area contributed by atoms with Gasteiger partial charge in [-0.3, -0.25) is 0 Å². The third-order valence-electron chi connectivity index (χ3n) is 6.89. The molecule has 2 nitrogen and oxygen atoms in total. The predicted octanol–water partition coefficient (Wildman–Crippen LogP) is 3.82. The minimum absolute atomic E-state index is 0.117. The summed E-state index contributed by atoms with van der Waals surface area (Å²) in [6, 6.07) is 8.67. The third-order valence-corrected chi connectivity index (χ3v) is 6.89. The maximum Gasteiger partial charge on any atom is 0.494 e. The van der Waals surface area contributed by atoms with Gasteiger partial charge in [-0.2, -0.15) is 0 Å². The molecule has 124 valence electrons. The van der Waals surface area contributed by atoms with Crippen LogP contribution in [0.2, 0.25) is 0 Å². The fraction of sp³-hybridized carbons (Fsp3) is 0.700. The quantitative estimate of drug-likeness (QED) is 0.790. The smallest absolute Gasteiger partial charge is 0.401 e. The van der Waals surface area contributed by atoms with Crippen molar-refractivity contribution in [3.05, 3.63) is 29.8 Å². The summed E-state index contributed by atoms with van der Waals surface area (Å²) in [7, 11) is -0.185. The molecule has 1 aromatic rings. The summed E-state index contributed by atoms with van der Waals surface area (Å²) in [5.41, 5.74) is 2.91. The minimum atomic E-state index is -0.185. The average molecular weight is 312 g/mol. The van der Waals surface area contributed by atoms with Crippen LogP contribution in [-0.4, -0.2) is 18.8 Å². The van der Waals surface area contributed by atoms with Crippen LogP contribution in [0, 0.1) is 23.2 Å². The Bertz CT molecular complexity index is 611. The fourth-order valence-corrected chi connectivity index (χ4v) is 5.39. The molecular weight excluding hydrogens is 283 g/mol. The molecule has 4 unspecified atom stereocenters. The van der Waals surface area contributed by atoms with E-state index < -0.39 is 0 Å². The third kappa shape index (κ3) is 2.23. The molecule has 0 amide bonds. The second-order valence-corrected chi connectivity index (χ2v) is 9.10. The summed E-state index contributed by atoms with van der Waals surface area (Å²) < 4.78 is 13.1. The molecule has 4 fully saturated rings. The molecule has 1 aromatic carbocycles. The summed E-state index contributed by atoms with van der Waals surface area (Å²) in [4.78, 5) is 0. The lowest BCUT2D eigenvalue weighted by molar-refractivity contribution is -0.199. The zero-order valence-electron chi connectivity index (χ0n) is 15.1. The van der Waals surface area contributed by atoms with Crippen LogP contribution in [0.3, 0.4) is 0 Å². The molecule has 1 heterocycles. The molecule has 23 heavy (non-hydrogen) atoms. The number of rotatable bonds is 3. The van der Waals surface area contributed by atoms with Crippen molar-refractivity contribution in [2.45, 2.75) is 65.6 Å². The van der Waals surface area contributed by atoms with Crippen molar-refractivity contribution in [3.8, 4) is 0 Å². The van der Waals surface area contributed by atoms with Crippen LogP contribution in [-0.2, 0) is 15.7 Å². The molecule has 5 rings (SSSR count). The van der Waals surface area contributed by atoms with Crippen molar-refractivity contribution >= 4 is 12.6 Å². The van der Waals surface area contributed by atoms with Crippen molar-refractivity contribution in [2.75, 3.05) is 0 Å². The topological polar surface area (TPSA) is 18.5 Å². The van der Waals surface area contributed by atoms with Gasteiger partial charge in [0.15, 0.2) is 0 Å². The summed E-state index contributed by atoms with van der Waals surface area (Å²) in [5.74, 6) is 2.07. The van der Waals surface area contributed by atoms with Crippen LogP contribution in [0.1, 0.15) is 53.0 Å².